The summed E-state index contributed by atoms with van der Waals surface area (Å²) in [6.07, 6.45) is 1.57. The number of aromatic nitrogens is 1. The highest BCUT2D eigenvalue weighted by atomic mass is 16.5. The third-order valence-electron chi connectivity index (χ3n) is 2.59. The highest BCUT2D eigenvalue weighted by Crippen LogP contribution is 2.19. The Balaban J connectivity index is 2.50. The molecule has 1 aromatic carbocycles. The zero-order valence-corrected chi connectivity index (χ0v) is 10.2. The molecular formula is C13H17N3O. The lowest BCUT2D eigenvalue weighted by molar-refractivity contribution is -0.576. The van der Waals surface area contributed by atoms with Crippen molar-refractivity contribution in [3.8, 4) is 0 Å². The lowest BCUT2D eigenvalue weighted by Crippen LogP contribution is -2.27. The van der Waals surface area contributed by atoms with Gasteiger partial charge in [-0.3, -0.25) is 0 Å². The lowest BCUT2D eigenvalue weighted by atomic mass is 10.2. The Labute approximate surface area is 101 Å². The molecule has 2 rings (SSSR count). The summed E-state index contributed by atoms with van der Waals surface area (Å²) < 4.78 is 0.906. The van der Waals surface area contributed by atoms with Crippen molar-refractivity contribution in [2.45, 2.75) is 13.8 Å². The molecule has 0 aliphatic heterocycles. The van der Waals surface area contributed by atoms with Gasteiger partial charge in [0, 0.05) is 24.8 Å². The second-order valence-corrected chi connectivity index (χ2v) is 3.89. The number of benzene rings is 1. The van der Waals surface area contributed by atoms with Crippen molar-refractivity contribution in [2.75, 3.05) is 23.7 Å². The highest BCUT2D eigenvalue weighted by molar-refractivity contribution is 5.82. The van der Waals surface area contributed by atoms with Gasteiger partial charge in [-0.25, -0.2) is 0 Å². The van der Waals surface area contributed by atoms with Crippen LogP contribution in [0.15, 0.2) is 30.5 Å². The molecule has 0 radical (unpaired) electrons. The average molecular weight is 231 g/mol. The molecule has 0 spiro atoms. The van der Waals surface area contributed by atoms with Gasteiger partial charge < -0.3 is 15.8 Å². The van der Waals surface area contributed by atoms with E-state index in [1.807, 2.05) is 38.1 Å². The number of nitrogens with zero attached hydrogens (tertiary/aromatic N) is 1. The molecular weight excluding hydrogens is 214 g/mol. The van der Waals surface area contributed by atoms with Crippen LogP contribution in [0.2, 0.25) is 0 Å². The number of nitrogens with one attached hydrogen (secondary N) is 2. The Bertz CT molecular complexity index is 520. The smallest absolute Gasteiger partial charge is 0.224 e. The van der Waals surface area contributed by atoms with Crippen molar-refractivity contribution in [1.82, 2.24) is 0 Å². The zero-order valence-electron chi connectivity index (χ0n) is 10.2. The Kier molecular flexibility index (Phi) is 3.32. The average Bonchev–Trinajstić information content (AvgIpc) is 2.29. The number of fused-ring (bicyclic) bond motifs is 1. The van der Waals surface area contributed by atoms with E-state index in [0.717, 1.165) is 34.6 Å². The summed E-state index contributed by atoms with van der Waals surface area (Å²) in [5.41, 5.74) is 2.57. The summed E-state index contributed by atoms with van der Waals surface area (Å²) in [7, 11) is 0. The predicted molar refractivity (Wildman–Crippen MR) is 71.2 cm³/mol. The van der Waals surface area contributed by atoms with E-state index in [2.05, 4.69) is 10.6 Å². The van der Waals surface area contributed by atoms with Crippen LogP contribution in [-0.2, 0) is 0 Å². The number of hydrogen-bond donors (Lipinski definition) is 2. The molecule has 0 saturated heterocycles. The van der Waals surface area contributed by atoms with Crippen LogP contribution in [0, 0.1) is 5.21 Å². The largest absolute Gasteiger partial charge is 0.618 e. The minimum atomic E-state index is 0.688. The van der Waals surface area contributed by atoms with Crippen LogP contribution in [0.5, 0.6) is 0 Å². The monoisotopic (exact) mass is 231 g/mol. The van der Waals surface area contributed by atoms with E-state index in [1.54, 1.807) is 6.20 Å². The van der Waals surface area contributed by atoms with Gasteiger partial charge in [-0.1, -0.05) is 0 Å². The summed E-state index contributed by atoms with van der Waals surface area (Å²) in [6, 6.07) is 7.76. The maximum atomic E-state index is 11.8. The van der Waals surface area contributed by atoms with Gasteiger partial charge in [0.15, 0.2) is 0 Å². The van der Waals surface area contributed by atoms with E-state index in [-0.39, 0.29) is 0 Å². The fraction of sp³-hybridized carbons (Fsp3) is 0.308. The molecule has 1 heterocycles. The summed E-state index contributed by atoms with van der Waals surface area (Å²) in [5, 5.41) is 19.1. The molecule has 90 valence electrons. The van der Waals surface area contributed by atoms with Gasteiger partial charge >= 0.3 is 0 Å². The Morgan fingerprint density at radius 1 is 1.06 bits per heavy atom. The molecule has 0 atom stereocenters. The highest BCUT2D eigenvalue weighted by Gasteiger charge is 2.07. The molecule has 0 aliphatic carbocycles. The topological polar surface area (TPSA) is 51.0 Å². The maximum absolute atomic E-state index is 11.8. The molecule has 2 aromatic rings. The van der Waals surface area contributed by atoms with Crippen molar-refractivity contribution in [1.29, 1.82) is 0 Å². The Morgan fingerprint density at radius 3 is 2.41 bits per heavy atom. The molecule has 4 nitrogen and oxygen atoms in total. The van der Waals surface area contributed by atoms with Crippen molar-refractivity contribution < 1.29 is 4.73 Å². The minimum Gasteiger partial charge on any atom is -0.618 e. The fourth-order valence-electron chi connectivity index (χ4n) is 1.89. The molecule has 17 heavy (non-hydrogen) atoms. The maximum Gasteiger partial charge on any atom is 0.224 e. The third kappa shape index (κ3) is 2.41. The Morgan fingerprint density at radius 2 is 1.71 bits per heavy atom. The number of pyridine rings is 1. The number of hydrogen-bond acceptors (Lipinski definition) is 3. The van der Waals surface area contributed by atoms with Crippen LogP contribution >= 0.6 is 0 Å². The minimum absolute atomic E-state index is 0.688. The summed E-state index contributed by atoms with van der Waals surface area (Å²) in [5.74, 6) is 0. The van der Waals surface area contributed by atoms with E-state index >= 15 is 0 Å². The van der Waals surface area contributed by atoms with E-state index < -0.39 is 0 Å². The van der Waals surface area contributed by atoms with Crippen LogP contribution < -0.4 is 15.4 Å². The van der Waals surface area contributed by atoms with E-state index in [1.165, 1.54) is 0 Å². The van der Waals surface area contributed by atoms with E-state index in [0.29, 0.717) is 5.52 Å². The normalized spacial score (nSPS) is 10.5. The van der Waals surface area contributed by atoms with Crippen LogP contribution in [0.25, 0.3) is 10.9 Å². The first kappa shape index (κ1) is 11.5. The van der Waals surface area contributed by atoms with Gasteiger partial charge in [-0.05, 0) is 32.0 Å². The lowest BCUT2D eigenvalue weighted by Gasteiger charge is -2.08. The number of anilines is 2. The molecule has 0 unspecified atom stereocenters. The zero-order chi connectivity index (χ0) is 12.3. The van der Waals surface area contributed by atoms with Crippen LogP contribution in [-0.4, -0.2) is 13.1 Å². The second kappa shape index (κ2) is 4.91. The molecule has 1 aromatic heterocycles. The van der Waals surface area contributed by atoms with E-state index in [4.69, 9.17) is 0 Å². The van der Waals surface area contributed by atoms with Crippen molar-refractivity contribution in [2.24, 2.45) is 0 Å². The van der Waals surface area contributed by atoms with Gasteiger partial charge in [0.05, 0.1) is 5.39 Å². The summed E-state index contributed by atoms with van der Waals surface area (Å²) in [6.45, 7) is 5.73. The Hall–Kier alpha value is -1.97. The molecule has 2 N–H and O–H groups in total. The first-order chi connectivity index (χ1) is 8.24. The van der Waals surface area contributed by atoms with Crippen LogP contribution in [0.1, 0.15) is 13.8 Å². The quantitative estimate of drug-likeness (QED) is 0.627. The van der Waals surface area contributed by atoms with Crippen LogP contribution in [0.4, 0.5) is 11.4 Å². The standard InChI is InChI=1S/C13H17N3O/c1-3-14-11-5-6-13-10(7-11)8-12(15-4-2)9-16(13)17/h5-9,14-15H,3-4H2,1-2H3. The van der Waals surface area contributed by atoms with Crippen LogP contribution in [0.3, 0.4) is 0 Å². The molecule has 0 fully saturated rings. The number of rotatable bonds is 4. The van der Waals surface area contributed by atoms with Crippen molar-refractivity contribution in [3.63, 3.8) is 0 Å². The summed E-state index contributed by atoms with van der Waals surface area (Å²) >= 11 is 0. The van der Waals surface area contributed by atoms with Gasteiger partial charge in [-0.15, -0.1) is 0 Å². The van der Waals surface area contributed by atoms with Gasteiger partial charge in [0.2, 0.25) is 11.7 Å². The van der Waals surface area contributed by atoms with Crippen molar-refractivity contribution in [3.05, 3.63) is 35.7 Å². The van der Waals surface area contributed by atoms with Gasteiger partial charge in [-0.2, -0.15) is 4.73 Å². The first-order valence-corrected chi connectivity index (χ1v) is 5.89. The fourth-order valence-corrected chi connectivity index (χ4v) is 1.89. The molecule has 0 aliphatic rings. The molecule has 4 heteroatoms. The molecule has 0 saturated carbocycles. The molecule has 0 amide bonds. The third-order valence-corrected chi connectivity index (χ3v) is 2.59. The van der Waals surface area contributed by atoms with Crippen molar-refractivity contribution >= 4 is 22.3 Å². The first-order valence-electron chi connectivity index (χ1n) is 5.89. The SMILES string of the molecule is CCNc1ccc2c(c1)cc(NCC)c[n+]2[O-]. The van der Waals surface area contributed by atoms with E-state index in [9.17, 15) is 5.21 Å². The second-order valence-electron chi connectivity index (χ2n) is 3.89. The predicted octanol–water partition coefficient (Wildman–Crippen LogP) is 2.34. The van der Waals surface area contributed by atoms with Gasteiger partial charge in [0.1, 0.15) is 5.69 Å². The summed E-state index contributed by atoms with van der Waals surface area (Å²) in [4.78, 5) is 0. The van der Waals surface area contributed by atoms with Gasteiger partial charge in [0.25, 0.3) is 0 Å². The molecule has 0 bridgehead atoms.